The van der Waals surface area contributed by atoms with Crippen molar-refractivity contribution in [2.45, 2.75) is 25.8 Å². The van der Waals surface area contributed by atoms with E-state index in [1.54, 1.807) is 17.5 Å². The second-order valence-electron chi connectivity index (χ2n) is 5.09. The summed E-state index contributed by atoms with van der Waals surface area (Å²) in [5.74, 6) is 0. The minimum Gasteiger partial charge on any atom is -0.312 e. The highest BCUT2D eigenvalue weighted by atomic mass is 32.1. The molecule has 19 heavy (non-hydrogen) atoms. The molecule has 0 spiro atoms. The summed E-state index contributed by atoms with van der Waals surface area (Å²) < 4.78 is 0. The van der Waals surface area contributed by atoms with E-state index < -0.39 is 0 Å². The molecule has 2 aromatic heterocycles. The molecule has 0 fully saturated rings. The number of nitrogens with zero attached hydrogens (tertiary/aromatic N) is 2. The van der Waals surface area contributed by atoms with E-state index in [1.807, 2.05) is 12.1 Å². The first-order valence-electron chi connectivity index (χ1n) is 6.22. The smallest absolute Gasteiger partial charge is 0.144 e. The fourth-order valence-electron chi connectivity index (χ4n) is 1.94. The number of rotatable bonds is 5. The molecule has 0 atom stereocenters. The van der Waals surface area contributed by atoms with Crippen molar-refractivity contribution in [3.05, 3.63) is 52.0 Å². The molecule has 0 unspecified atom stereocenters. The van der Waals surface area contributed by atoms with Crippen LogP contribution in [0.5, 0.6) is 0 Å². The highest BCUT2D eigenvalue weighted by Crippen LogP contribution is 2.26. The molecular weight excluding hydrogens is 254 g/mol. The Morgan fingerprint density at radius 1 is 1.37 bits per heavy atom. The van der Waals surface area contributed by atoms with E-state index in [-0.39, 0.29) is 5.41 Å². The van der Waals surface area contributed by atoms with Crippen molar-refractivity contribution >= 4 is 11.3 Å². The van der Waals surface area contributed by atoms with Crippen LogP contribution in [-0.4, -0.2) is 11.5 Å². The summed E-state index contributed by atoms with van der Waals surface area (Å²) in [6, 6.07) is 10.2. The lowest BCUT2D eigenvalue weighted by molar-refractivity contribution is 0.476. The van der Waals surface area contributed by atoms with Crippen molar-refractivity contribution in [2.75, 3.05) is 6.54 Å². The molecule has 2 aromatic rings. The van der Waals surface area contributed by atoms with Gasteiger partial charge >= 0.3 is 0 Å². The van der Waals surface area contributed by atoms with Crippen molar-refractivity contribution in [2.24, 2.45) is 0 Å². The van der Waals surface area contributed by atoms with Crippen LogP contribution < -0.4 is 5.32 Å². The summed E-state index contributed by atoms with van der Waals surface area (Å²) in [6.45, 7) is 5.99. The third-order valence-electron chi connectivity index (χ3n) is 3.07. The maximum absolute atomic E-state index is 8.99. The van der Waals surface area contributed by atoms with Crippen molar-refractivity contribution < 1.29 is 0 Å². The second kappa shape index (κ2) is 5.96. The van der Waals surface area contributed by atoms with Crippen molar-refractivity contribution in [1.29, 1.82) is 5.26 Å². The molecule has 0 amide bonds. The molecule has 2 rings (SSSR count). The maximum atomic E-state index is 8.99. The lowest BCUT2D eigenvalue weighted by Gasteiger charge is -2.23. The summed E-state index contributed by atoms with van der Waals surface area (Å²) in [7, 11) is 0. The number of pyridine rings is 1. The predicted octanol–water partition coefficient (Wildman–Crippen LogP) is 3.08. The number of aromatic nitrogens is 1. The molecule has 0 saturated carbocycles. The minimum atomic E-state index is 0.100. The summed E-state index contributed by atoms with van der Waals surface area (Å²) >= 11 is 1.78. The normalized spacial score (nSPS) is 11.2. The SMILES string of the molecule is CC(C)(CNCc1cccnc1C#N)c1cccs1. The van der Waals surface area contributed by atoms with Crippen LogP contribution in [0.2, 0.25) is 0 Å². The van der Waals surface area contributed by atoms with Gasteiger partial charge in [-0.3, -0.25) is 0 Å². The van der Waals surface area contributed by atoms with Crippen LogP contribution in [0.25, 0.3) is 0 Å². The molecule has 2 heterocycles. The first-order valence-corrected chi connectivity index (χ1v) is 7.10. The Kier molecular flexibility index (Phi) is 4.31. The third kappa shape index (κ3) is 3.40. The van der Waals surface area contributed by atoms with Gasteiger partial charge in [-0.15, -0.1) is 11.3 Å². The molecule has 98 valence electrons. The van der Waals surface area contributed by atoms with Gasteiger partial charge in [0.25, 0.3) is 0 Å². The summed E-state index contributed by atoms with van der Waals surface area (Å²) in [4.78, 5) is 5.43. The number of hydrogen-bond donors (Lipinski definition) is 1. The van der Waals surface area contributed by atoms with Crippen molar-refractivity contribution in [1.82, 2.24) is 10.3 Å². The Bertz CT molecular complexity index is 567. The van der Waals surface area contributed by atoms with Crippen LogP contribution in [0.3, 0.4) is 0 Å². The topological polar surface area (TPSA) is 48.7 Å². The van der Waals surface area contributed by atoms with E-state index in [1.165, 1.54) is 4.88 Å². The molecule has 0 aliphatic rings. The van der Waals surface area contributed by atoms with Crippen molar-refractivity contribution in [3.63, 3.8) is 0 Å². The Morgan fingerprint density at radius 3 is 2.89 bits per heavy atom. The average Bonchev–Trinajstić information content (AvgIpc) is 2.94. The maximum Gasteiger partial charge on any atom is 0.144 e. The molecule has 1 N–H and O–H groups in total. The molecule has 0 aromatic carbocycles. The van der Waals surface area contributed by atoms with E-state index in [2.05, 4.69) is 47.7 Å². The van der Waals surface area contributed by atoms with Crippen LogP contribution in [0, 0.1) is 11.3 Å². The Labute approximate surface area is 117 Å². The van der Waals surface area contributed by atoms with Gasteiger partial charge < -0.3 is 5.32 Å². The number of nitriles is 1. The summed E-state index contributed by atoms with van der Waals surface area (Å²) in [5, 5.41) is 14.5. The molecule has 0 radical (unpaired) electrons. The zero-order valence-electron chi connectivity index (χ0n) is 11.2. The van der Waals surface area contributed by atoms with Gasteiger partial charge in [-0.25, -0.2) is 4.98 Å². The van der Waals surface area contributed by atoms with Crippen LogP contribution in [0.4, 0.5) is 0 Å². The molecule has 3 nitrogen and oxygen atoms in total. The van der Waals surface area contributed by atoms with E-state index in [9.17, 15) is 0 Å². The van der Waals surface area contributed by atoms with Gasteiger partial charge in [0.15, 0.2) is 0 Å². The first-order chi connectivity index (χ1) is 9.13. The summed E-state index contributed by atoms with van der Waals surface area (Å²) in [5.41, 5.74) is 1.55. The van der Waals surface area contributed by atoms with E-state index in [0.717, 1.165) is 12.1 Å². The van der Waals surface area contributed by atoms with E-state index in [0.29, 0.717) is 12.2 Å². The minimum absolute atomic E-state index is 0.100. The molecule has 0 saturated heterocycles. The molecule has 0 aliphatic heterocycles. The number of nitrogens with one attached hydrogen (secondary N) is 1. The van der Waals surface area contributed by atoms with E-state index in [4.69, 9.17) is 5.26 Å². The van der Waals surface area contributed by atoms with Gasteiger partial charge in [-0.05, 0) is 17.5 Å². The van der Waals surface area contributed by atoms with Gasteiger partial charge in [0.05, 0.1) is 0 Å². The van der Waals surface area contributed by atoms with Crippen LogP contribution in [-0.2, 0) is 12.0 Å². The number of thiophene rings is 1. The van der Waals surface area contributed by atoms with Crippen LogP contribution >= 0.6 is 11.3 Å². The Hall–Kier alpha value is -1.70. The fraction of sp³-hybridized carbons (Fsp3) is 0.333. The van der Waals surface area contributed by atoms with Gasteiger partial charge in [-0.1, -0.05) is 26.0 Å². The first kappa shape index (κ1) is 13.7. The molecule has 0 bridgehead atoms. The zero-order chi connectivity index (χ0) is 13.7. The van der Waals surface area contributed by atoms with Crippen LogP contribution in [0.1, 0.15) is 30.0 Å². The monoisotopic (exact) mass is 271 g/mol. The second-order valence-corrected chi connectivity index (χ2v) is 6.04. The molecule has 4 heteroatoms. The van der Waals surface area contributed by atoms with E-state index >= 15 is 0 Å². The lowest BCUT2D eigenvalue weighted by atomic mass is 9.91. The third-order valence-corrected chi connectivity index (χ3v) is 4.30. The van der Waals surface area contributed by atoms with Crippen molar-refractivity contribution in [3.8, 4) is 6.07 Å². The highest BCUT2D eigenvalue weighted by Gasteiger charge is 2.21. The summed E-state index contributed by atoms with van der Waals surface area (Å²) in [6.07, 6.45) is 1.65. The van der Waals surface area contributed by atoms with Gasteiger partial charge in [0.2, 0.25) is 0 Å². The Morgan fingerprint density at radius 2 is 2.21 bits per heavy atom. The molecular formula is C15H17N3S. The highest BCUT2D eigenvalue weighted by molar-refractivity contribution is 7.10. The average molecular weight is 271 g/mol. The van der Waals surface area contributed by atoms with Gasteiger partial charge in [-0.2, -0.15) is 5.26 Å². The van der Waals surface area contributed by atoms with Gasteiger partial charge in [0.1, 0.15) is 11.8 Å². The fourth-order valence-corrected chi connectivity index (χ4v) is 2.79. The quantitative estimate of drug-likeness (QED) is 0.909. The lowest BCUT2D eigenvalue weighted by Crippen LogP contribution is -2.32. The largest absolute Gasteiger partial charge is 0.312 e. The van der Waals surface area contributed by atoms with Gasteiger partial charge in [0, 0.05) is 35.1 Å². The predicted molar refractivity (Wildman–Crippen MR) is 78.0 cm³/mol. The van der Waals surface area contributed by atoms with Crippen LogP contribution in [0.15, 0.2) is 35.8 Å². The Balaban J connectivity index is 1.95. The number of hydrogen-bond acceptors (Lipinski definition) is 4. The standard InChI is InChI=1S/C15H17N3S/c1-15(2,14-6-4-8-19-14)11-17-10-12-5-3-7-18-13(12)9-16/h3-8,17H,10-11H2,1-2H3. The molecule has 0 aliphatic carbocycles. The zero-order valence-corrected chi connectivity index (χ0v) is 12.0.